The van der Waals surface area contributed by atoms with Crippen LogP contribution in [0.5, 0.6) is 11.5 Å². The van der Waals surface area contributed by atoms with Crippen LogP contribution in [0, 0.1) is 9.39 Å². The summed E-state index contributed by atoms with van der Waals surface area (Å²) in [4.78, 5) is 27.0. The molecule has 0 spiro atoms. The molecule has 0 bridgehead atoms. The lowest BCUT2D eigenvalue weighted by molar-refractivity contribution is -0.123. The van der Waals surface area contributed by atoms with E-state index in [0.717, 1.165) is 32.0 Å². The fraction of sp³-hybridized carbons (Fsp3) is 0.154. The van der Waals surface area contributed by atoms with Crippen LogP contribution in [0.25, 0.3) is 6.08 Å². The van der Waals surface area contributed by atoms with Gasteiger partial charge in [-0.1, -0.05) is 42.5 Å². The van der Waals surface area contributed by atoms with Crippen LogP contribution >= 0.6 is 34.4 Å². The van der Waals surface area contributed by atoms with Crippen LogP contribution < -0.4 is 9.47 Å². The van der Waals surface area contributed by atoms with Crippen LogP contribution in [0.15, 0.2) is 71.6 Å². The molecule has 0 atom stereocenters. The van der Waals surface area contributed by atoms with Gasteiger partial charge in [0.2, 0.25) is 0 Å². The second kappa shape index (κ2) is 11.1. The first-order valence-corrected chi connectivity index (χ1v) is 12.5. The topological polar surface area (TPSA) is 55.8 Å². The lowest BCUT2D eigenvalue weighted by atomic mass is 10.1. The Labute approximate surface area is 215 Å². The van der Waals surface area contributed by atoms with E-state index in [-0.39, 0.29) is 30.1 Å². The molecule has 1 aliphatic heterocycles. The van der Waals surface area contributed by atoms with Crippen LogP contribution in [-0.2, 0) is 17.9 Å². The Morgan fingerprint density at radius 2 is 1.74 bits per heavy atom. The van der Waals surface area contributed by atoms with Crippen LogP contribution in [-0.4, -0.2) is 22.7 Å². The van der Waals surface area contributed by atoms with E-state index in [2.05, 4.69) is 22.6 Å². The molecule has 1 heterocycles. The Hall–Kier alpha value is -2.85. The maximum absolute atomic E-state index is 13.2. The number of benzene rings is 3. The van der Waals surface area contributed by atoms with Gasteiger partial charge in [-0.15, -0.1) is 0 Å². The van der Waals surface area contributed by atoms with Gasteiger partial charge in [0.15, 0.2) is 11.5 Å². The van der Waals surface area contributed by atoms with Gasteiger partial charge in [-0.3, -0.25) is 14.5 Å². The predicted octanol–water partition coefficient (Wildman–Crippen LogP) is 6.64. The number of imide groups is 1. The largest absolute Gasteiger partial charge is 0.490 e. The molecule has 4 rings (SSSR count). The van der Waals surface area contributed by atoms with Gasteiger partial charge in [-0.2, -0.15) is 0 Å². The summed E-state index contributed by atoms with van der Waals surface area (Å²) in [7, 11) is 0. The van der Waals surface area contributed by atoms with Gasteiger partial charge in [-0.25, -0.2) is 4.39 Å². The zero-order valence-corrected chi connectivity index (χ0v) is 21.3. The van der Waals surface area contributed by atoms with E-state index in [1.807, 2.05) is 43.3 Å². The van der Waals surface area contributed by atoms with Gasteiger partial charge in [-0.05, 0) is 88.3 Å². The molecule has 0 aliphatic carbocycles. The standard InChI is InChI=1S/C26H21FINO4S/c1-2-32-22-13-19(12-21(28)24(22)33-16-18-8-10-20(27)11-9-18)14-23-25(30)29(26(31)34-23)15-17-6-4-3-5-7-17/h3-14H,2,15-16H2,1H3/b23-14-. The SMILES string of the molecule is CCOc1cc(/C=C2\SC(=O)N(Cc3ccccc3)C2=O)cc(I)c1OCc1ccc(F)cc1. The summed E-state index contributed by atoms with van der Waals surface area (Å²) in [6.45, 7) is 2.80. The summed E-state index contributed by atoms with van der Waals surface area (Å²) in [5.41, 5.74) is 2.45. The second-order valence-corrected chi connectivity index (χ2v) is 9.59. The summed E-state index contributed by atoms with van der Waals surface area (Å²) >= 11 is 3.08. The van der Waals surface area contributed by atoms with E-state index in [4.69, 9.17) is 9.47 Å². The minimum atomic E-state index is -0.316. The van der Waals surface area contributed by atoms with Crippen molar-refractivity contribution in [3.05, 3.63) is 97.7 Å². The molecule has 3 aromatic carbocycles. The molecule has 5 nitrogen and oxygen atoms in total. The maximum atomic E-state index is 13.2. The first-order valence-electron chi connectivity index (χ1n) is 10.6. The van der Waals surface area contributed by atoms with Gasteiger partial charge in [0.25, 0.3) is 11.1 Å². The first-order chi connectivity index (χ1) is 16.4. The van der Waals surface area contributed by atoms with Gasteiger partial charge >= 0.3 is 0 Å². The maximum Gasteiger partial charge on any atom is 0.293 e. The number of nitrogens with zero attached hydrogens (tertiary/aromatic N) is 1. The van der Waals surface area contributed by atoms with Gasteiger partial charge in [0.05, 0.1) is 21.6 Å². The molecule has 1 fully saturated rings. The van der Waals surface area contributed by atoms with E-state index < -0.39 is 0 Å². The number of carbonyl (C=O) groups excluding carboxylic acids is 2. The summed E-state index contributed by atoms with van der Waals surface area (Å²) < 4.78 is 25.7. The van der Waals surface area contributed by atoms with E-state index >= 15 is 0 Å². The molecular weight excluding hydrogens is 568 g/mol. The number of hydrogen-bond acceptors (Lipinski definition) is 5. The van der Waals surface area contributed by atoms with Crippen LogP contribution in [0.2, 0.25) is 0 Å². The van der Waals surface area contributed by atoms with Crippen molar-refractivity contribution >= 4 is 51.6 Å². The number of amides is 2. The molecule has 0 saturated carbocycles. The van der Waals surface area contributed by atoms with E-state index in [9.17, 15) is 14.0 Å². The van der Waals surface area contributed by atoms with Gasteiger partial charge in [0.1, 0.15) is 12.4 Å². The summed E-state index contributed by atoms with van der Waals surface area (Å²) in [6, 6.07) is 19.2. The van der Waals surface area contributed by atoms with E-state index in [1.165, 1.54) is 17.0 Å². The second-order valence-electron chi connectivity index (χ2n) is 7.43. The van der Waals surface area contributed by atoms with Gasteiger partial charge in [0, 0.05) is 0 Å². The Balaban J connectivity index is 1.55. The predicted molar refractivity (Wildman–Crippen MR) is 139 cm³/mol. The monoisotopic (exact) mass is 589 g/mol. The van der Waals surface area contributed by atoms with Crippen molar-refractivity contribution in [3.8, 4) is 11.5 Å². The summed E-state index contributed by atoms with van der Waals surface area (Å²) in [5, 5.41) is -0.293. The van der Waals surface area contributed by atoms with Crippen molar-refractivity contribution in [2.24, 2.45) is 0 Å². The third-order valence-corrected chi connectivity index (χ3v) is 6.69. The average Bonchev–Trinajstić information content (AvgIpc) is 3.08. The molecule has 8 heteroatoms. The third-order valence-electron chi connectivity index (χ3n) is 4.98. The molecule has 174 valence electrons. The third kappa shape index (κ3) is 5.79. The molecule has 1 aliphatic rings. The van der Waals surface area contributed by atoms with Crippen molar-refractivity contribution < 1.29 is 23.5 Å². The molecule has 0 aromatic heterocycles. The number of halogens is 2. The summed E-state index contributed by atoms with van der Waals surface area (Å²) in [6.07, 6.45) is 1.70. The zero-order chi connectivity index (χ0) is 24.1. The van der Waals surface area contributed by atoms with Crippen molar-refractivity contribution in [1.29, 1.82) is 0 Å². The Bertz CT molecular complexity index is 1230. The Morgan fingerprint density at radius 3 is 2.44 bits per heavy atom. The molecule has 2 amide bonds. The fourth-order valence-corrected chi connectivity index (χ4v) is 4.98. The number of hydrogen-bond donors (Lipinski definition) is 0. The zero-order valence-electron chi connectivity index (χ0n) is 18.3. The highest BCUT2D eigenvalue weighted by atomic mass is 127. The van der Waals surface area contributed by atoms with Crippen molar-refractivity contribution in [2.45, 2.75) is 20.1 Å². The van der Waals surface area contributed by atoms with Crippen LogP contribution in [0.3, 0.4) is 0 Å². The molecule has 0 unspecified atom stereocenters. The van der Waals surface area contributed by atoms with Crippen molar-refractivity contribution in [3.63, 3.8) is 0 Å². The fourth-order valence-electron chi connectivity index (χ4n) is 3.36. The smallest absolute Gasteiger partial charge is 0.293 e. The minimum absolute atomic E-state index is 0.237. The number of thioether (sulfide) groups is 1. The Kier molecular flexibility index (Phi) is 7.89. The van der Waals surface area contributed by atoms with Crippen LogP contribution in [0.1, 0.15) is 23.6 Å². The van der Waals surface area contributed by atoms with E-state index in [0.29, 0.717) is 23.0 Å². The molecule has 1 saturated heterocycles. The van der Waals surface area contributed by atoms with E-state index in [1.54, 1.807) is 24.3 Å². The lowest BCUT2D eigenvalue weighted by Gasteiger charge is -2.15. The number of rotatable bonds is 8. The minimum Gasteiger partial charge on any atom is -0.490 e. The molecule has 3 aromatic rings. The quantitative estimate of drug-likeness (QED) is 0.218. The number of carbonyl (C=O) groups is 2. The highest BCUT2D eigenvalue weighted by Gasteiger charge is 2.35. The normalized spacial score (nSPS) is 14.7. The average molecular weight is 589 g/mol. The molecule has 0 N–H and O–H groups in total. The molecule has 0 radical (unpaired) electrons. The lowest BCUT2D eigenvalue weighted by Crippen LogP contribution is -2.27. The molecular formula is C26H21FINO4S. The summed E-state index contributed by atoms with van der Waals surface area (Å²) in [5.74, 6) is 0.488. The molecule has 34 heavy (non-hydrogen) atoms. The first kappa shape index (κ1) is 24.3. The van der Waals surface area contributed by atoms with Crippen molar-refractivity contribution in [2.75, 3.05) is 6.61 Å². The highest BCUT2D eigenvalue weighted by Crippen LogP contribution is 2.38. The van der Waals surface area contributed by atoms with Gasteiger partial charge < -0.3 is 9.47 Å². The number of ether oxygens (including phenoxy) is 2. The van der Waals surface area contributed by atoms with Crippen molar-refractivity contribution in [1.82, 2.24) is 4.90 Å². The Morgan fingerprint density at radius 1 is 1.00 bits per heavy atom. The van der Waals surface area contributed by atoms with Crippen LogP contribution in [0.4, 0.5) is 9.18 Å². The highest BCUT2D eigenvalue weighted by molar-refractivity contribution is 14.1.